The monoisotopic (exact) mass is 260 g/mol. The van der Waals surface area contributed by atoms with Gasteiger partial charge in [0.05, 0.1) is 0 Å². The van der Waals surface area contributed by atoms with Crippen LogP contribution >= 0.6 is 0 Å². The fourth-order valence-corrected chi connectivity index (χ4v) is 3.12. The first kappa shape index (κ1) is 14.5. The molecule has 2 unspecified atom stereocenters. The number of hydrogen-bond acceptors (Lipinski definition) is 2. The summed E-state index contributed by atoms with van der Waals surface area (Å²) in [5.74, 6) is 0.828. The topological polar surface area (TPSA) is 15.3 Å². The first-order valence-electron chi connectivity index (χ1n) is 7.70. The van der Waals surface area contributed by atoms with E-state index in [1.165, 1.54) is 31.5 Å². The molecule has 0 saturated carbocycles. The number of hydrogen-bond donors (Lipinski definition) is 1. The molecule has 0 spiro atoms. The molecule has 2 atom stereocenters. The van der Waals surface area contributed by atoms with Crippen LogP contribution in [-0.4, -0.2) is 31.1 Å². The van der Waals surface area contributed by atoms with Gasteiger partial charge in [0.15, 0.2) is 0 Å². The van der Waals surface area contributed by atoms with E-state index in [0.29, 0.717) is 12.1 Å². The molecule has 0 bridgehead atoms. The first-order chi connectivity index (χ1) is 9.20. The number of nitrogens with zero attached hydrogens (tertiary/aromatic N) is 1. The predicted octanol–water partition coefficient (Wildman–Crippen LogP) is 3.46. The second-order valence-corrected chi connectivity index (χ2v) is 5.97. The van der Waals surface area contributed by atoms with Crippen LogP contribution in [0.4, 0.5) is 0 Å². The third-order valence-corrected chi connectivity index (χ3v) is 4.54. The third-order valence-electron chi connectivity index (χ3n) is 4.54. The normalized spacial score (nSPS) is 21.2. The summed E-state index contributed by atoms with van der Waals surface area (Å²) < 4.78 is 0. The number of piperidine rings is 1. The van der Waals surface area contributed by atoms with E-state index in [0.717, 1.165) is 12.3 Å². The van der Waals surface area contributed by atoms with Gasteiger partial charge in [-0.3, -0.25) is 0 Å². The maximum Gasteiger partial charge on any atom is 0.0320 e. The van der Waals surface area contributed by atoms with Gasteiger partial charge in [-0.1, -0.05) is 37.3 Å². The number of benzene rings is 1. The Balaban J connectivity index is 1.91. The summed E-state index contributed by atoms with van der Waals surface area (Å²) in [4.78, 5) is 2.44. The molecule has 106 valence electrons. The van der Waals surface area contributed by atoms with Crippen LogP contribution in [0.5, 0.6) is 0 Å². The van der Waals surface area contributed by atoms with E-state index in [9.17, 15) is 0 Å². The van der Waals surface area contributed by atoms with Gasteiger partial charge in [0.2, 0.25) is 0 Å². The first-order valence-corrected chi connectivity index (χ1v) is 7.70. The van der Waals surface area contributed by atoms with Gasteiger partial charge in [-0.05, 0) is 57.8 Å². The van der Waals surface area contributed by atoms with Crippen molar-refractivity contribution in [2.45, 2.75) is 45.2 Å². The van der Waals surface area contributed by atoms with Crippen molar-refractivity contribution < 1.29 is 0 Å². The SMILES string of the molecule is CCC(NC(C)C1CCN(C)CC1)c1ccccc1. The zero-order valence-corrected chi connectivity index (χ0v) is 12.6. The Morgan fingerprint density at radius 2 is 1.84 bits per heavy atom. The van der Waals surface area contributed by atoms with Gasteiger partial charge < -0.3 is 10.2 Å². The molecule has 0 aromatic heterocycles. The van der Waals surface area contributed by atoms with Gasteiger partial charge in [-0.15, -0.1) is 0 Å². The molecule has 1 fully saturated rings. The van der Waals surface area contributed by atoms with Crippen molar-refractivity contribution in [3.63, 3.8) is 0 Å². The van der Waals surface area contributed by atoms with Crippen molar-refractivity contribution in [2.75, 3.05) is 20.1 Å². The lowest BCUT2D eigenvalue weighted by Gasteiger charge is -2.35. The van der Waals surface area contributed by atoms with E-state index in [1.807, 2.05) is 0 Å². The lowest BCUT2D eigenvalue weighted by molar-refractivity contribution is 0.183. The highest BCUT2D eigenvalue weighted by Gasteiger charge is 2.23. The molecule has 19 heavy (non-hydrogen) atoms. The summed E-state index contributed by atoms with van der Waals surface area (Å²) >= 11 is 0. The molecule has 1 aromatic carbocycles. The zero-order chi connectivity index (χ0) is 13.7. The molecule has 1 saturated heterocycles. The van der Waals surface area contributed by atoms with Gasteiger partial charge in [-0.2, -0.15) is 0 Å². The molecule has 1 heterocycles. The van der Waals surface area contributed by atoms with Crippen molar-refractivity contribution in [1.29, 1.82) is 0 Å². The summed E-state index contributed by atoms with van der Waals surface area (Å²) in [5, 5.41) is 3.85. The summed E-state index contributed by atoms with van der Waals surface area (Å²) in [6, 6.07) is 12.0. The van der Waals surface area contributed by atoms with E-state index < -0.39 is 0 Å². The van der Waals surface area contributed by atoms with Crippen LogP contribution in [0, 0.1) is 5.92 Å². The predicted molar refractivity (Wildman–Crippen MR) is 82.3 cm³/mol. The summed E-state index contributed by atoms with van der Waals surface area (Å²) in [6.07, 6.45) is 3.81. The van der Waals surface area contributed by atoms with Crippen molar-refractivity contribution in [3.8, 4) is 0 Å². The molecule has 2 rings (SSSR count). The van der Waals surface area contributed by atoms with Gasteiger partial charge >= 0.3 is 0 Å². The Morgan fingerprint density at radius 1 is 1.21 bits per heavy atom. The van der Waals surface area contributed by atoms with Gasteiger partial charge in [0.25, 0.3) is 0 Å². The molecular weight excluding hydrogens is 232 g/mol. The third kappa shape index (κ3) is 4.05. The van der Waals surface area contributed by atoms with Crippen LogP contribution < -0.4 is 5.32 Å². The molecule has 0 radical (unpaired) electrons. The van der Waals surface area contributed by atoms with Gasteiger partial charge in [0.1, 0.15) is 0 Å². The average Bonchev–Trinajstić information content (AvgIpc) is 2.46. The van der Waals surface area contributed by atoms with Crippen LogP contribution in [0.1, 0.15) is 44.7 Å². The van der Waals surface area contributed by atoms with Gasteiger partial charge in [-0.25, -0.2) is 0 Å². The van der Waals surface area contributed by atoms with Gasteiger partial charge in [0, 0.05) is 12.1 Å². The van der Waals surface area contributed by atoms with Crippen molar-refractivity contribution >= 4 is 0 Å². The van der Waals surface area contributed by atoms with Crippen LogP contribution in [0.25, 0.3) is 0 Å². The Kier molecular flexibility index (Phi) is 5.41. The Bertz CT molecular complexity index is 355. The molecular formula is C17H28N2. The molecule has 1 aromatic rings. The summed E-state index contributed by atoms with van der Waals surface area (Å²) in [6.45, 7) is 7.13. The standard InChI is InChI=1S/C17H28N2/c1-4-17(16-8-6-5-7-9-16)18-14(2)15-10-12-19(3)13-11-15/h5-9,14-15,17-18H,4,10-13H2,1-3H3. The second-order valence-electron chi connectivity index (χ2n) is 5.97. The zero-order valence-electron chi connectivity index (χ0n) is 12.6. The molecule has 2 nitrogen and oxygen atoms in total. The lowest BCUT2D eigenvalue weighted by Crippen LogP contribution is -2.41. The molecule has 1 aliphatic rings. The molecule has 2 heteroatoms. The minimum Gasteiger partial charge on any atom is -0.307 e. The lowest BCUT2D eigenvalue weighted by atomic mass is 9.89. The Labute approximate surface area is 118 Å². The number of likely N-dealkylation sites (tertiary alicyclic amines) is 1. The molecule has 0 amide bonds. The highest BCUT2D eigenvalue weighted by molar-refractivity contribution is 5.18. The fourth-order valence-electron chi connectivity index (χ4n) is 3.12. The average molecular weight is 260 g/mol. The highest BCUT2D eigenvalue weighted by Crippen LogP contribution is 2.23. The van der Waals surface area contributed by atoms with Crippen LogP contribution in [0.15, 0.2) is 30.3 Å². The minimum absolute atomic E-state index is 0.496. The Hall–Kier alpha value is -0.860. The van der Waals surface area contributed by atoms with Crippen LogP contribution in [0.2, 0.25) is 0 Å². The smallest absolute Gasteiger partial charge is 0.0320 e. The van der Waals surface area contributed by atoms with Crippen molar-refractivity contribution in [3.05, 3.63) is 35.9 Å². The van der Waals surface area contributed by atoms with Crippen LogP contribution in [0.3, 0.4) is 0 Å². The fraction of sp³-hybridized carbons (Fsp3) is 0.647. The molecule has 1 N–H and O–H groups in total. The maximum absolute atomic E-state index is 3.85. The quantitative estimate of drug-likeness (QED) is 0.872. The second kappa shape index (κ2) is 7.06. The maximum atomic E-state index is 3.85. The van der Waals surface area contributed by atoms with Crippen molar-refractivity contribution in [2.24, 2.45) is 5.92 Å². The molecule has 1 aliphatic heterocycles. The summed E-state index contributed by atoms with van der Waals surface area (Å²) in [5.41, 5.74) is 1.42. The number of rotatable bonds is 5. The van der Waals surface area contributed by atoms with Crippen LogP contribution in [-0.2, 0) is 0 Å². The Morgan fingerprint density at radius 3 is 2.42 bits per heavy atom. The van der Waals surface area contributed by atoms with E-state index in [2.05, 4.69) is 61.4 Å². The highest BCUT2D eigenvalue weighted by atomic mass is 15.1. The summed E-state index contributed by atoms with van der Waals surface area (Å²) in [7, 11) is 2.23. The van der Waals surface area contributed by atoms with Crippen molar-refractivity contribution in [1.82, 2.24) is 10.2 Å². The number of nitrogens with one attached hydrogen (secondary N) is 1. The van der Waals surface area contributed by atoms with E-state index in [1.54, 1.807) is 0 Å². The van der Waals surface area contributed by atoms with E-state index in [4.69, 9.17) is 0 Å². The minimum atomic E-state index is 0.496. The molecule has 0 aliphatic carbocycles. The largest absolute Gasteiger partial charge is 0.307 e. The van der Waals surface area contributed by atoms with E-state index in [-0.39, 0.29) is 0 Å². The van der Waals surface area contributed by atoms with E-state index >= 15 is 0 Å².